The van der Waals surface area contributed by atoms with E-state index in [1.165, 1.54) is 25.2 Å². The van der Waals surface area contributed by atoms with E-state index < -0.39 is 24.4 Å². The molecule has 1 fully saturated rings. The highest BCUT2D eigenvalue weighted by molar-refractivity contribution is 5.45. The van der Waals surface area contributed by atoms with Gasteiger partial charge in [-0.15, -0.1) is 0 Å². The molecular formula is C15H21F3N2O3. The van der Waals surface area contributed by atoms with Crippen molar-refractivity contribution in [3.05, 3.63) is 23.5 Å². The second kappa shape index (κ2) is 7.37. The number of piperazine rings is 1. The normalized spacial score (nSPS) is 17.8. The third-order valence-corrected chi connectivity index (χ3v) is 3.93. The highest BCUT2D eigenvalue weighted by Gasteiger charge is 2.45. The number of nitrogens with one attached hydrogen (secondary N) is 1. The van der Waals surface area contributed by atoms with E-state index in [-0.39, 0.29) is 17.1 Å². The highest BCUT2D eigenvalue weighted by atomic mass is 19.3. The summed E-state index contributed by atoms with van der Waals surface area (Å²) in [6.45, 7) is 0.331. The van der Waals surface area contributed by atoms with E-state index in [1.54, 1.807) is 0 Å². The van der Waals surface area contributed by atoms with Crippen molar-refractivity contribution in [2.24, 2.45) is 0 Å². The SMILES string of the molecule is COc1cc(F)c([C@H](N2CCNCC2)C(F)(F)CO)cc1OC. The standard InChI is InChI=1S/C15H21F3N2O3/c1-22-12-7-10(11(16)8-13(12)23-2)14(15(17,18)9-21)20-5-3-19-4-6-20/h7-8,14,19,21H,3-6,9H2,1-2H3/t14-/m0/s1. The van der Waals surface area contributed by atoms with Gasteiger partial charge < -0.3 is 19.9 Å². The van der Waals surface area contributed by atoms with Gasteiger partial charge in [-0.1, -0.05) is 0 Å². The molecule has 2 N–H and O–H groups in total. The van der Waals surface area contributed by atoms with E-state index in [4.69, 9.17) is 14.6 Å². The van der Waals surface area contributed by atoms with E-state index >= 15 is 0 Å². The summed E-state index contributed by atoms with van der Waals surface area (Å²) in [4.78, 5) is 1.47. The lowest BCUT2D eigenvalue weighted by Crippen LogP contribution is -2.51. The van der Waals surface area contributed by atoms with Crippen LogP contribution in [0.15, 0.2) is 12.1 Å². The van der Waals surface area contributed by atoms with Crippen molar-refractivity contribution in [3.63, 3.8) is 0 Å². The molecule has 1 aliphatic rings. The number of benzene rings is 1. The fraction of sp³-hybridized carbons (Fsp3) is 0.600. The van der Waals surface area contributed by atoms with Crippen LogP contribution in [0.4, 0.5) is 13.2 Å². The predicted octanol–water partition coefficient (Wildman–Crippen LogP) is 1.42. The second-order valence-electron chi connectivity index (χ2n) is 5.34. The fourth-order valence-corrected chi connectivity index (χ4v) is 2.80. The van der Waals surface area contributed by atoms with Gasteiger partial charge in [-0.25, -0.2) is 13.2 Å². The van der Waals surface area contributed by atoms with Gasteiger partial charge in [0.15, 0.2) is 11.5 Å². The largest absolute Gasteiger partial charge is 0.493 e. The Morgan fingerprint density at radius 2 is 1.78 bits per heavy atom. The lowest BCUT2D eigenvalue weighted by Gasteiger charge is -2.39. The summed E-state index contributed by atoms with van der Waals surface area (Å²) in [7, 11) is 2.69. The Kier molecular flexibility index (Phi) is 5.72. The van der Waals surface area contributed by atoms with Crippen LogP contribution in [0.25, 0.3) is 0 Å². The zero-order valence-electron chi connectivity index (χ0n) is 13.1. The van der Waals surface area contributed by atoms with Crippen molar-refractivity contribution < 1.29 is 27.8 Å². The van der Waals surface area contributed by atoms with Gasteiger partial charge in [0.25, 0.3) is 5.92 Å². The minimum Gasteiger partial charge on any atom is -0.493 e. The van der Waals surface area contributed by atoms with E-state index in [1.807, 2.05) is 0 Å². The van der Waals surface area contributed by atoms with Crippen LogP contribution in [0.5, 0.6) is 11.5 Å². The molecule has 0 radical (unpaired) electrons. The molecule has 1 aromatic carbocycles. The highest BCUT2D eigenvalue weighted by Crippen LogP contribution is 2.41. The lowest BCUT2D eigenvalue weighted by atomic mass is 9.97. The first-order valence-corrected chi connectivity index (χ1v) is 7.29. The molecule has 0 spiro atoms. The van der Waals surface area contributed by atoms with Crippen molar-refractivity contribution in [1.82, 2.24) is 10.2 Å². The van der Waals surface area contributed by atoms with Gasteiger partial charge in [0.1, 0.15) is 18.5 Å². The number of rotatable bonds is 6. The molecule has 5 nitrogen and oxygen atoms in total. The Hall–Kier alpha value is -1.51. The maximum atomic E-state index is 14.4. The maximum absolute atomic E-state index is 14.4. The topological polar surface area (TPSA) is 54.0 Å². The van der Waals surface area contributed by atoms with Gasteiger partial charge in [0.05, 0.1) is 14.2 Å². The third-order valence-electron chi connectivity index (χ3n) is 3.93. The quantitative estimate of drug-likeness (QED) is 0.824. The number of hydrogen-bond donors (Lipinski definition) is 2. The molecule has 23 heavy (non-hydrogen) atoms. The summed E-state index contributed by atoms with van der Waals surface area (Å²) in [5, 5.41) is 12.2. The summed E-state index contributed by atoms with van der Waals surface area (Å²) in [5.74, 6) is -4.02. The van der Waals surface area contributed by atoms with Gasteiger partial charge in [-0.2, -0.15) is 0 Å². The molecule has 0 bridgehead atoms. The molecule has 0 aromatic heterocycles. The Labute approximate surface area is 133 Å². The summed E-state index contributed by atoms with van der Waals surface area (Å²) in [6, 6.07) is 0.663. The fourth-order valence-electron chi connectivity index (χ4n) is 2.80. The van der Waals surface area contributed by atoms with Crippen LogP contribution in [0.2, 0.25) is 0 Å². The molecular weight excluding hydrogens is 313 g/mol. The summed E-state index contributed by atoms with van der Waals surface area (Å²) < 4.78 is 53.2. The van der Waals surface area contributed by atoms with Crippen LogP contribution in [0, 0.1) is 5.82 Å². The lowest BCUT2D eigenvalue weighted by molar-refractivity contribution is -0.119. The van der Waals surface area contributed by atoms with Crippen molar-refractivity contribution in [3.8, 4) is 11.5 Å². The molecule has 0 unspecified atom stereocenters. The monoisotopic (exact) mass is 334 g/mol. The molecule has 8 heteroatoms. The van der Waals surface area contributed by atoms with Gasteiger partial charge >= 0.3 is 0 Å². The van der Waals surface area contributed by atoms with Crippen LogP contribution in [0.3, 0.4) is 0 Å². The number of alkyl halides is 2. The Balaban J connectivity index is 2.50. The van der Waals surface area contributed by atoms with E-state index in [0.29, 0.717) is 26.2 Å². The third kappa shape index (κ3) is 3.70. The number of nitrogens with zero attached hydrogens (tertiary/aromatic N) is 1. The van der Waals surface area contributed by atoms with Gasteiger partial charge in [0, 0.05) is 37.8 Å². The number of ether oxygens (including phenoxy) is 2. The van der Waals surface area contributed by atoms with Crippen LogP contribution >= 0.6 is 0 Å². The first kappa shape index (κ1) is 17.8. The Morgan fingerprint density at radius 3 is 2.30 bits per heavy atom. The van der Waals surface area contributed by atoms with Crippen LogP contribution in [-0.4, -0.2) is 62.9 Å². The van der Waals surface area contributed by atoms with Crippen molar-refractivity contribution in [2.45, 2.75) is 12.0 Å². The average molecular weight is 334 g/mol. The molecule has 0 saturated carbocycles. The van der Waals surface area contributed by atoms with E-state index in [2.05, 4.69) is 5.32 Å². The molecule has 130 valence electrons. The zero-order valence-corrected chi connectivity index (χ0v) is 13.1. The van der Waals surface area contributed by atoms with E-state index in [9.17, 15) is 13.2 Å². The first-order valence-electron chi connectivity index (χ1n) is 7.29. The molecule has 2 rings (SSSR count). The minimum absolute atomic E-state index is 0.125. The number of halogens is 3. The minimum atomic E-state index is -3.49. The Bertz CT molecular complexity index is 537. The second-order valence-corrected chi connectivity index (χ2v) is 5.34. The molecule has 1 saturated heterocycles. The number of methoxy groups -OCH3 is 2. The van der Waals surface area contributed by atoms with E-state index in [0.717, 1.165) is 6.07 Å². The van der Waals surface area contributed by atoms with Crippen molar-refractivity contribution >= 4 is 0 Å². The number of aliphatic hydroxyl groups excluding tert-OH is 1. The van der Waals surface area contributed by atoms with Gasteiger partial charge in [-0.3, -0.25) is 4.90 Å². The summed E-state index contributed by atoms with van der Waals surface area (Å²) in [5.41, 5.74) is -0.219. The average Bonchev–Trinajstić information content (AvgIpc) is 2.57. The van der Waals surface area contributed by atoms with Crippen LogP contribution in [-0.2, 0) is 0 Å². The first-order chi connectivity index (χ1) is 10.9. The van der Waals surface area contributed by atoms with Crippen molar-refractivity contribution in [2.75, 3.05) is 47.0 Å². The predicted molar refractivity (Wildman–Crippen MR) is 78.7 cm³/mol. The smallest absolute Gasteiger partial charge is 0.290 e. The molecule has 0 amide bonds. The Morgan fingerprint density at radius 1 is 1.22 bits per heavy atom. The number of hydrogen-bond acceptors (Lipinski definition) is 5. The summed E-state index contributed by atoms with van der Waals surface area (Å²) in [6.07, 6.45) is 0. The number of aliphatic hydroxyl groups is 1. The molecule has 0 aliphatic carbocycles. The van der Waals surface area contributed by atoms with Crippen LogP contribution in [0.1, 0.15) is 11.6 Å². The van der Waals surface area contributed by atoms with Crippen LogP contribution < -0.4 is 14.8 Å². The van der Waals surface area contributed by atoms with Crippen molar-refractivity contribution in [1.29, 1.82) is 0 Å². The molecule has 1 atom stereocenters. The zero-order chi connectivity index (χ0) is 17.0. The summed E-state index contributed by atoms with van der Waals surface area (Å²) >= 11 is 0. The van der Waals surface area contributed by atoms with Gasteiger partial charge in [0.2, 0.25) is 0 Å². The molecule has 1 aromatic rings. The molecule has 1 heterocycles. The maximum Gasteiger partial charge on any atom is 0.290 e. The molecule has 1 aliphatic heterocycles. The van der Waals surface area contributed by atoms with Gasteiger partial charge in [-0.05, 0) is 6.07 Å².